The molecule has 0 bridgehead atoms. The van der Waals surface area contributed by atoms with E-state index in [2.05, 4.69) is 0 Å². The van der Waals surface area contributed by atoms with Crippen LogP contribution in [0.1, 0.15) is 26.3 Å². The summed E-state index contributed by atoms with van der Waals surface area (Å²) in [4.78, 5) is 10.5. The summed E-state index contributed by atoms with van der Waals surface area (Å²) in [6.45, 7) is 6.24. The van der Waals surface area contributed by atoms with Gasteiger partial charge in [0.05, 0.1) is 6.61 Å². The maximum atomic E-state index is 10.5. The van der Waals surface area contributed by atoms with Gasteiger partial charge in [-0.2, -0.15) is 0 Å². The second-order valence-electron chi connectivity index (χ2n) is 2.68. The van der Waals surface area contributed by atoms with Gasteiger partial charge in [0.15, 0.2) is 5.78 Å². The number of ketones is 1. The highest BCUT2D eigenvalue weighted by Crippen LogP contribution is 1.99. The van der Waals surface area contributed by atoms with Crippen molar-refractivity contribution in [1.82, 2.24) is 0 Å². The van der Waals surface area contributed by atoms with Crippen molar-refractivity contribution in [2.24, 2.45) is 0 Å². The largest absolute Gasteiger partial charge is 0.369 e. The predicted molar refractivity (Wildman–Crippen MR) is 58.1 cm³/mol. The third-order valence-electron chi connectivity index (χ3n) is 1.42. The Kier molecular flexibility index (Phi) is 7.75. The first kappa shape index (κ1) is 12.8. The molecular weight excluding hydrogens is 176 g/mol. The van der Waals surface area contributed by atoms with Crippen molar-refractivity contribution in [3.8, 4) is 0 Å². The molecule has 0 saturated heterocycles. The van der Waals surface area contributed by atoms with E-state index in [0.717, 1.165) is 5.56 Å². The number of hydrogen-bond donors (Lipinski definition) is 0. The number of rotatable bonds is 4. The molecule has 14 heavy (non-hydrogen) atoms. The molecule has 0 aliphatic heterocycles. The highest BCUT2D eigenvalue weighted by Gasteiger charge is 1.93. The Morgan fingerprint density at radius 3 is 2.29 bits per heavy atom. The van der Waals surface area contributed by atoms with Crippen LogP contribution >= 0.6 is 0 Å². The normalized spacial score (nSPS) is 8.79. The molecule has 78 valence electrons. The monoisotopic (exact) mass is 194 g/mol. The first-order valence-electron chi connectivity index (χ1n) is 4.90. The third kappa shape index (κ3) is 6.38. The fourth-order valence-electron chi connectivity index (χ4n) is 0.887. The fraction of sp³-hybridized carbons (Fsp3) is 0.417. The average molecular weight is 194 g/mol. The van der Waals surface area contributed by atoms with Crippen LogP contribution in [0.2, 0.25) is 0 Å². The molecule has 0 unspecified atom stereocenters. The smallest absolute Gasteiger partial charge is 0.155 e. The molecule has 0 fully saturated rings. The van der Waals surface area contributed by atoms with Gasteiger partial charge in [0.1, 0.15) is 6.61 Å². The van der Waals surface area contributed by atoms with Crippen molar-refractivity contribution in [3.05, 3.63) is 35.9 Å². The van der Waals surface area contributed by atoms with Crippen LogP contribution < -0.4 is 0 Å². The fourth-order valence-corrected chi connectivity index (χ4v) is 0.887. The van der Waals surface area contributed by atoms with Crippen molar-refractivity contribution in [2.45, 2.75) is 27.4 Å². The van der Waals surface area contributed by atoms with E-state index in [1.807, 2.05) is 44.2 Å². The Hall–Kier alpha value is -1.15. The number of hydrogen-bond acceptors (Lipinski definition) is 2. The molecule has 0 aromatic heterocycles. The molecule has 0 saturated carbocycles. The van der Waals surface area contributed by atoms with Gasteiger partial charge in [-0.25, -0.2) is 0 Å². The van der Waals surface area contributed by atoms with Crippen molar-refractivity contribution in [1.29, 1.82) is 0 Å². The quantitative estimate of drug-likeness (QED) is 0.736. The number of ether oxygens (including phenoxy) is 1. The van der Waals surface area contributed by atoms with Gasteiger partial charge in [-0.3, -0.25) is 4.79 Å². The van der Waals surface area contributed by atoms with Gasteiger partial charge in [0.2, 0.25) is 0 Å². The van der Waals surface area contributed by atoms with Gasteiger partial charge in [-0.05, 0) is 12.5 Å². The zero-order valence-corrected chi connectivity index (χ0v) is 9.12. The summed E-state index contributed by atoms with van der Waals surface area (Å²) in [6, 6.07) is 9.80. The maximum Gasteiger partial charge on any atom is 0.155 e. The molecule has 0 radical (unpaired) electrons. The minimum absolute atomic E-state index is 0.0610. The summed E-state index contributed by atoms with van der Waals surface area (Å²) in [7, 11) is 0. The van der Waals surface area contributed by atoms with Gasteiger partial charge < -0.3 is 4.74 Å². The van der Waals surface area contributed by atoms with Crippen molar-refractivity contribution in [2.75, 3.05) is 6.61 Å². The maximum absolute atomic E-state index is 10.5. The Morgan fingerprint density at radius 1 is 1.21 bits per heavy atom. The lowest BCUT2D eigenvalue weighted by Gasteiger charge is -2.00. The molecule has 2 heteroatoms. The summed E-state index contributed by atoms with van der Waals surface area (Å²) in [6.07, 6.45) is 0. The van der Waals surface area contributed by atoms with Crippen LogP contribution in [0.3, 0.4) is 0 Å². The first-order valence-corrected chi connectivity index (χ1v) is 4.90. The Morgan fingerprint density at radius 2 is 1.79 bits per heavy atom. The van der Waals surface area contributed by atoms with Crippen molar-refractivity contribution < 1.29 is 9.53 Å². The Labute approximate surface area is 85.9 Å². The van der Waals surface area contributed by atoms with E-state index in [0.29, 0.717) is 6.61 Å². The van der Waals surface area contributed by atoms with E-state index in [4.69, 9.17) is 4.74 Å². The minimum Gasteiger partial charge on any atom is -0.369 e. The van der Waals surface area contributed by atoms with Crippen LogP contribution in [-0.4, -0.2) is 12.4 Å². The number of benzene rings is 1. The minimum atomic E-state index is 0.0610. The van der Waals surface area contributed by atoms with Crippen LogP contribution in [-0.2, 0) is 16.1 Å². The molecule has 0 spiro atoms. The van der Waals surface area contributed by atoms with Gasteiger partial charge in [-0.1, -0.05) is 44.2 Å². The number of Topliss-reactive ketones (excluding diaryl/α,β-unsaturated/α-hetero) is 1. The zero-order valence-electron chi connectivity index (χ0n) is 9.12. The van der Waals surface area contributed by atoms with E-state index in [9.17, 15) is 4.79 Å². The summed E-state index contributed by atoms with van der Waals surface area (Å²) in [5.41, 5.74) is 1.10. The van der Waals surface area contributed by atoms with Crippen LogP contribution in [0.5, 0.6) is 0 Å². The molecule has 1 rings (SSSR count). The summed E-state index contributed by atoms with van der Waals surface area (Å²) in [5, 5.41) is 0. The van der Waals surface area contributed by atoms with E-state index >= 15 is 0 Å². The molecule has 2 nitrogen and oxygen atoms in total. The van der Waals surface area contributed by atoms with Gasteiger partial charge in [0.25, 0.3) is 0 Å². The third-order valence-corrected chi connectivity index (χ3v) is 1.42. The predicted octanol–water partition coefficient (Wildman–Crippen LogP) is 2.82. The molecule has 0 aliphatic rings. The lowest BCUT2D eigenvalue weighted by Crippen LogP contribution is -2.03. The number of carbonyl (C=O) groups excluding carboxylic acids is 1. The van der Waals surface area contributed by atoms with Crippen LogP contribution in [0.15, 0.2) is 30.3 Å². The lowest BCUT2D eigenvalue weighted by molar-refractivity contribution is -0.121. The standard InChI is InChI=1S/C10H12O2.C2H6/c1-9(11)7-12-8-10-5-3-2-4-6-10;1-2/h2-6H,7-8H2,1H3;1-2H3. The van der Waals surface area contributed by atoms with Crippen LogP contribution in [0, 0.1) is 0 Å². The summed E-state index contributed by atoms with van der Waals surface area (Å²) >= 11 is 0. The van der Waals surface area contributed by atoms with E-state index < -0.39 is 0 Å². The second-order valence-corrected chi connectivity index (χ2v) is 2.68. The molecule has 0 aliphatic carbocycles. The van der Waals surface area contributed by atoms with Crippen LogP contribution in [0.25, 0.3) is 0 Å². The molecule has 0 amide bonds. The van der Waals surface area contributed by atoms with E-state index in [-0.39, 0.29) is 12.4 Å². The zero-order chi connectivity index (χ0) is 10.8. The molecular formula is C12H18O2. The first-order chi connectivity index (χ1) is 6.79. The topological polar surface area (TPSA) is 26.3 Å². The molecule has 1 aromatic rings. The highest BCUT2D eigenvalue weighted by atomic mass is 16.5. The SMILES string of the molecule is CC.CC(=O)COCc1ccccc1. The lowest BCUT2D eigenvalue weighted by atomic mass is 10.2. The molecule has 0 heterocycles. The highest BCUT2D eigenvalue weighted by molar-refractivity contribution is 5.76. The summed E-state index contributed by atoms with van der Waals surface area (Å²) < 4.78 is 5.13. The van der Waals surface area contributed by atoms with Gasteiger partial charge in [0, 0.05) is 0 Å². The van der Waals surface area contributed by atoms with E-state index in [1.165, 1.54) is 6.92 Å². The Balaban J connectivity index is 0.000000791. The molecule has 0 N–H and O–H groups in total. The summed E-state index contributed by atoms with van der Waals surface area (Å²) in [5.74, 6) is 0.0610. The van der Waals surface area contributed by atoms with Crippen molar-refractivity contribution >= 4 is 5.78 Å². The molecule has 1 aromatic carbocycles. The van der Waals surface area contributed by atoms with E-state index in [1.54, 1.807) is 0 Å². The average Bonchev–Trinajstić information content (AvgIpc) is 2.22. The molecule has 0 atom stereocenters. The van der Waals surface area contributed by atoms with Gasteiger partial charge in [-0.15, -0.1) is 0 Å². The number of carbonyl (C=O) groups is 1. The van der Waals surface area contributed by atoms with Crippen LogP contribution in [0.4, 0.5) is 0 Å². The van der Waals surface area contributed by atoms with Gasteiger partial charge >= 0.3 is 0 Å². The Bertz CT molecular complexity index is 242. The second kappa shape index (κ2) is 8.45. The van der Waals surface area contributed by atoms with Crippen molar-refractivity contribution in [3.63, 3.8) is 0 Å².